The van der Waals surface area contributed by atoms with Gasteiger partial charge in [-0.05, 0) is 66.4 Å². The fourth-order valence-corrected chi connectivity index (χ4v) is 3.98. The number of carboxylic acids is 1. The van der Waals surface area contributed by atoms with E-state index >= 15 is 0 Å². The molecule has 0 saturated carbocycles. The molecule has 1 fully saturated rings. The highest BCUT2D eigenvalue weighted by atomic mass is 35.5. The molecule has 2 heterocycles. The molecule has 6 nitrogen and oxygen atoms in total. The summed E-state index contributed by atoms with van der Waals surface area (Å²) in [7, 11) is 0. The standard InChI is InChI=1S/C21H11Cl2NO5S/c22-12-2-4-13(5-3-12)24-19(25)18(30-21(24)28)10-14-6-8-17(29-14)11-1-7-16(23)15(9-11)20(26)27/h1-10H,(H,26,27)/b18-10+. The second-order valence-corrected chi connectivity index (χ2v) is 8.03. The van der Waals surface area contributed by atoms with E-state index in [1.165, 1.54) is 18.2 Å². The lowest BCUT2D eigenvalue weighted by Gasteiger charge is -2.11. The van der Waals surface area contributed by atoms with Crippen LogP contribution < -0.4 is 4.90 Å². The summed E-state index contributed by atoms with van der Waals surface area (Å²) in [6.07, 6.45) is 1.47. The van der Waals surface area contributed by atoms with Gasteiger partial charge < -0.3 is 9.52 Å². The third-order valence-electron chi connectivity index (χ3n) is 4.26. The van der Waals surface area contributed by atoms with Gasteiger partial charge in [-0.2, -0.15) is 0 Å². The molecule has 2 aromatic carbocycles. The minimum absolute atomic E-state index is 0.0452. The number of halogens is 2. The number of amides is 2. The maximum Gasteiger partial charge on any atom is 0.337 e. The largest absolute Gasteiger partial charge is 0.478 e. The lowest BCUT2D eigenvalue weighted by atomic mass is 10.1. The van der Waals surface area contributed by atoms with Crippen LogP contribution in [-0.4, -0.2) is 22.2 Å². The van der Waals surface area contributed by atoms with Crippen LogP contribution in [0.25, 0.3) is 17.4 Å². The minimum Gasteiger partial charge on any atom is -0.478 e. The molecule has 1 saturated heterocycles. The summed E-state index contributed by atoms with van der Waals surface area (Å²) in [6, 6.07) is 14.2. The molecule has 2 amide bonds. The Morgan fingerprint density at radius 1 is 1.03 bits per heavy atom. The highest BCUT2D eigenvalue weighted by Gasteiger charge is 2.36. The quantitative estimate of drug-likeness (QED) is 0.467. The Bertz CT molecular complexity index is 1220. The Morgan fingerprint density at radius 2 is 1.77 bits per heavy atom. The predicted octanol–water partition coefficient (Wildman–Crippen LogP) is 6.19. The van der Waals surface area contributed by atoms with Crippen LogP contribution in [0.2, 0.25) is 10.0 Å². The Balaban J connectivity index is 1.61. The van der Waals surface area contributed by atoms with Gasteiger partial charge in [0.05, 0.1) is 21.2 Å². The molecule has 1 aromatic heterocycles. The molecular weight excluding hydrogens is 449 g/mol. The summed E-state index contributed by atoms with van der Waals surface area (Å²) in [6.45, 7) is 0. The van der Waals surface area contributed by atoms with E-state index in [0.717, 1.165) is 16.7 Å². The van der Waals surface area contributed by atoms with Gasteiger partial charge in [-0.1, -0.05) is 23.2 Å². The molecule has 0 bridgehead atoms. The van der Waals surface area contributed by atoms with Gasteiger partial charge in [0.2, 0.25) is 0 Å². The third kappa shape index (κ3) is 3.87. The van der Waals surface area contributed by atoms with Crippen LogP contribution in [0.3, 0.4) is 0 Å². The molecule has 1 N–H and O–H groups in total. The van der Waals surface area contributed by atoms with Crippen LogP contribution >= 0.6 is 35.0 Å². The topological polar surface area (TPSA) is 87.8 Å². The van der Waals surface area contributed by atoms with Gasteiger partial charge >= 0.3 is 5.97 Å². The molecule has 1 aliphatic heterocycles. The van der Waals surface area contributed by atoms with E-state index in [1.54, 1.807) is 42.5 Å². The zero-order valence-corrected chi connectivity index (χ0v) is 17.3. The number of benzene rings is 2. The van der Waals surface area contributed by atoms with E-state index in [0.29, 0.717) is 27.8 Å². The minimum atomic E-state index is -1.15. The molecule has 0 spiro atoms. The van der Waals surface area contributed by atoms with Crippen molar-refractivity contribution in [2.24, 2.45) is 0 Å². The number of carbonyl (C=O) groups is 3. The fraction of sp³-hybridized carbons (Fsp3) is 0. The van der Waals surface area contributed by atoms with E-state index in [-0.39, 0.29) is 15.5 Å². The predicted molar refractivity (Wildman–Crippen MR) is 116 cm³/mol. The number of carbonyl (C=O) groups excluding carboxylic acids is 2. The summed E-state index contributed by atoms with van der Waals surface area (Å²) in [5.74, 6) is -0.870. The van der Waals surface area contributed by atoms with Crippen molar-refractivity contribution in [3.63, 3.8) is 0 Å². The van der Waals surface area contributed by atoms with Crippen LogP contribution in [0.5, 0.6) is 0 Å². The van der Waals surface area contributed by atoms with Crippen molar-refractivity contribution in [3.8, 4) is 11.3 Å². The first-order valence-corrected chi connectivity index (χ1v) is 10.1. The number of anilines is 1. The van der Waals surface area contributed by atoms with E-state index in [2.05, 4.69) is 0 Å². The van der Waals surface area contributed by atoms with Crippen LogP contribution in [-0.2, 0) is 4.79 Å². The van der Waals surface area contributed by atoms with Gasteiger partial charge in [0, 0.05) is 16.7 Å². The van der Waals surface area contributed by atoms with Crippen LogP contribution in [0.1, 0.15) is 16.1 Å². The number of hydrogen-bond donors (Lipinski definition) is 1. The van der Waals surface area contributed by atoms with Crippen molar-refractivity contribution in [2.45, 2.75) is 0 Å². The number of hydrogen-bond acceptors (Lipinski definition) is 5. The van der Waals surface area contributed by atoms with Crippen molar-refractivity contribution in [1.29, 1.82) is 0 Å². The average Bonchev–Trinajstić information content (AvgIpc) is 3.28. The molecule has 3 aromatic rings. The number of nitrogens with zero attached hydrogens (tertiary/aromatic N) is 1. The van der Waals surface area contributed by atoms with Crippen molar-refractivity contribution >= 4 is 63.8 Å². The Labute approximate surface area is 184 Å². The lowest BCUT2D eigenvalue weighted by Crippen LogP contribution is -2.27. The maximum absolute atomic E-state index is 12.7. The summed E-state index contributed by atoms with van der Waals surface area (Å²) >= 11 is 12.6. The molecule has 150 valence electrons. The number of rotatable bonds is 4. The highest BCUT2D eigenvalue weighted by Crippen LogP contribution is 2.37. The lowest BCUT2D eigenvalue weighted by molar-refractivity contribution is -0.113. The van der Waals surface area contributed by atoms with E-state index in [9.17, 15) is 19.5 Å². The fourth-order valence-electron chi connectivity index (χ4n) is 2.84. The van der Waals surface area contributed by atoms with Crippen LogP contribution in [0, 0.1) is 0 Å². The zero-order chi connectivity index (χ0) is 21.4. The first kappa shape index (κ1) is 20.3. The number of thioether (sulfide) groups is 1. The van der Waals surface area contributed by atoms with E-state index in [4.69, 9.17) is 27.6 Å². The molecule has 30 heavy (non-hydrogen) atoms. The van der Waals surface area contributed by atoms with Gasteiger partial charge in [-0.25, -0.2) is 9.69 Å². The highest BCUT2D eigenvalue weighted by molar-refractivity contribution is 8.19. The summed E-state index contributed by atoms with van der Waals surface area (Å²) < 4.78 is 5.72. The number of aromatic carboxylic acids is 1. The van der Waals surface area contributed by atoms with Gasteiger partial charge in [0.1, 0.15) is 11.5 Å². The molecule has 1 aliphatic rings. The molecule has 9 heteroatoms. The smallest absolute Gasteiger partial charge is 0.337 e. The van der Waals surface area contributed by atoms with Gasteiger partial charge in [0.25, 0.3) is 11.1 Å². The van der Waals surface area contributed by atoms with Crippen molar-refractivity contribution in [3.05, 3.63) is 80.9 Å². The summed E-state index contributed by atoms with van der Waals surface area (Å²) in [5.41, 5.74) is 0.898. The first-order valence-electron chi connectivity index (χ1n) is 8.50. The molecule has 0 unspecified atom stereocenters. The molecule has 0 atom stereocenters. The molecule has 4 rings (SSSR count). The van der Waals surface area contributed by atoms with E-state index in [1.807, 2.05) is 0 Å². The Kier molecular flexibility index (Phi) is 5.42. The number of imide groups is 1. The Morgan fingerprint density at radius 3 is 2.47 bits per heavy atom. The monoisotopic (exact) mass is 459 g/mol. The van der Waals surface area contributed by atoms with Crippen LogP contribution in [0.4, 0.5) is 10.5 Å². The molecule has 0 radical (unpaired) electrons. The summed E-state index contributed by atoms with van der Waals surface area (Å²) in [4.78, 5) is 37.6. The van der Waals surface area contributed by atoms with Crippen molar-refractivity contribution in [1.82, 2.24) is 0 Å². The first-order chi connectivity index (χ1) is 14.3. The van der Waals surface area contributed by atoms with Gasteiger partial charge in [-0.3, -0.25) is 9.59 Å². The van der Waals surface area contributed by atoms with Gasteiger partial charge in [0.15, 0.2) is 0 Å². The maximum atomic E-state index is 12.7. The normalized spacial score (nSPS) is 15.3. The average molecular weight is 460 g/mol. The third-order valence-corrected chi connectivity index (χ3v) is 5.71. The Hall–Kier alpha value is -3.00. The van der Waals surface area contributed by atoms with Crippen molar-refractivity contribution in [2.75, 3.05) is 4.90 Å². The second kappa shape index (κ2) is 8.02. The SMILES string of the molecule is O=C(O)c1cc(-c2ccc(/C=C3/SC(=O)N(c4ccc(Cl)cc4)C3=O)o2)ccc1Cl. The molecular formula is C21H11Cl2NO5S. The van der Waals surface area contributed by atoms with E-state index < -0.39 is 17.1 Å². The number of carboxylic acid groups (broad SMARTS) is 1. The van der Waals surface area contributed by atoms with Crippen molar-refractivity contribution < 1.29 is 23.9 Å². The zero-order valence-electron chi connectivity index (χ0n) is 15.0. The second-order valence-electron chi connectivity index (χ2n) is 6.20. The van der Waals surface area contributed by atoms with Crippen LogP contribution in [0.15, 0.2) is 63.9 Å². The van der Waals surface area contributed by atoms with Gasteiger partial charge in [-0.15, -0.1) is 0 Å². The summed E-state index contributed by atoms with van der Waals surface area (Å²) in [5, 5.41) is 9.40. The molecule has 0 aliphatic carbocycles. The number of furan rings is 1.